The van der Waals surface area contributed by atoms with E-state index >= 15 is 0 Å². The van der Waals surface area contributed by atoms with Crippen LogP contribution in [0.3, 0.4) is 0 Å². The molecular weight excluding hydrogens is 370 g/mol. The molecule has 0 atom stereocenters. The van der Waals surface area contributed by atoms with Gasteiger partial charge in [0.25, 0.3) is 5.91 Å². The molecule has 2 saturated heterocycles. The fourth-order valence-corrected chi connectivity index (χ4v) is 4.27. The molecule has 4 rings (SSSR count). The second kappa shape index (κ2) is 8.39. The fourth-order valence-electron chi connectivity index (χ4n) is 3.86. The third-order valence-corrected chi connectivity index (χ3v) is 6.21. The average molecular weight is 398 g/mol. The molecule has 0 aliphatic carbocycles. The van der Waals surface area contributed by atoms with Gasteiger partial charge in [0.05, 0.1) is 0 Å². The molecule has 0 N–H and O–H groups in total. The van der Waals surface area contributed by atoms with Gasteiger partial charge in [-0.3, -0.25) is 4.79 Å². The standard InChI is InChI=1S/C21H27N5OS/c1-16-22-19(24-9-3-4-10-24)15-20(23-16)25-11-13-26(14-12-25)21(27)17-5-7-18(28-2)8-6-17/h5-8,15H,3-4,9-14H2,1-2H3. The van der Waals surface area contributed by atoms with Gasteiger partial charge in [-0.1, -0.05) is 0 Å². The third kappa shape index (κ3) is 4.09. The minimum absolute atomic E-state index is 0.115. The van der Waals surface area contributed by atoms with E-state index in [4.69, 9.17) is 0 Å². The first-order valence-electron chi connectivity index (χ1n) is 9.93. The number of piperazine rings is 1. The molecule has 0 unspecified atom stereocenters. The summed E-state index contributed by atoms with van der Waals surface area (Å²) < 4.78 is 0. The highest BCUT2D eigenvalue weighted by atomic mass is 32.2. The molecule has 2 fully saturated rings. The normalized spacial score (nSPS) is 17.3. The molecule has 1 aromatic carbocycles. The van der Waals surface area contributed by atoms with E-state index in [9.17, 15) is 4.79 Å². The number of aryl methyl sites for hydroxylation is 1. The van der Waals surface area contributed by atoms with Crippen LogP contribution in [0.25, 0.3) is 0 Å². The zero-order chi connectivity index (χ0) is 19.5. The maximum atomic E-state index is 12.8. The van der Waals surface area contributed by atoms with Crippen molar-refractivity contribution in [3.05, 3.63) is 41.7 Å². The Bertz CT molecular complexity index is 827. The summed E-state index contributed by atoms with van der Waals surface area (Å²) in [7, 11) is 0. The highest BCUT2D eigenvalue weighted by Crippen LogP contribution is 2.24. The van der Waals surface area contributed by atoms with Gasteiger partial charge in [-0.15, -0.1) is 11.8 Å². The van der Waals surface area contributed by atoms with Gasteiger partial charge in [-0.2, -0.15) is 0 Å². The lowest BCUT2D eigenvalue weighted by atomic mass is 10.2. The van der Waals surface area contributed by atoms with Gasteiger partial charge in [-0.25, -0.2) is 9.97 Å². The van der Waals surface area contributed by atoms with Crippen LogP contribution in [0.2, 0.25) is 0 Å². The Morgan fingerprint density at radius 3 is 2.04 bits per heavy atom. The number of thioether (sulfide) groups is 1. The molecule has 2 aliphatic heterocycles. The van der Waals surface area contributed by atoms with E-state index in [1.807, 2.05) is 42.3 Å². The Kier molecular flexibility index (Phi) is 5.71. The van der Waals surface area contributed by atoms with Crippen LogP contribution in [0, 0.1) is 6.92 Å². The second-order valence-corrected chi connectivity index (χ2v) is 8.21. The lowest BCUT2D eigenvalue weighted by Crippen LogP contribution is -2.49. The van der Waals surface area contributed by atoms with E-state index in [1.54, 1.807) is 11.8 Å². The lowest BCUT2D eigenvalue weighted by Gasteiger charge is -2.35. The number of hydrogen-bond donors (Lipinski definition) is 0. The number of nitrogens with zero attached hydrogens (tertiary/aromatic N) is 5. The number of hydrogen-bond acceptors (Lipinski definition) is 6. The van der Waals surface area contributed by atoms with Crippen LogP contribution < -0.4 is 9.80 Å². The second-order valence-electron chi connectivity index (χ2n) is 7.33. The molecule has 1 amide bonds. The lowest BCUT2D eigenvalue weighted by molar-refractivity contribution is 0.0746. The summed E-state index contributed by atoms with van der Waals surface area (Å²) in [5.74, 6) is 2.94. The Labute approximate surface area is 170 Å². The Morgan fingerprint density at radius 1 is 0.893 bits per heavy atom. The van der Waals surface area contributed by atoms with E-state index < -0.39 is 0 Å². The maximum absolute atomic E-state index is 12.8. The third-order valence-electron chi connectivity index (χ3n) is 5.47. The number of amides is 1. The van der Waals surface area contributed by atoms with Crippen molar-refractivity contribution >= 4 is 29.3 Å². The number of benzene rings is 1. The molecule has 0 bridgehead atoms. The van der Waals surface area contributed by atoms with Crippen molar-refractivity contribution in [3.63, 3.8) is 0 Å². The average Bonchev–Trinajstić information content (AvgIpc) is 3.28. The van der Waals surface area contributed by atoms with E-state index in [0.29, 0.717) is 13.1 Å². The van der Waals surface area contributed by atoms with Gasteiger partial charge in [0.1, 0.15) is 17.5 Å². The van der Waals surface area contributed by atoms with E-state index in [-0.39, 0.29) is 5.91 Å². The number of carbonyl (C=O) groups excluding carboxylic acids is 1. The minimum Gasteiger partial charge on any atom is -0.356 e. The Hall–Kier alpha value is -2.28. The van der Waals surface area contributed by atoms with Crippen LogP contribution >= 0.6 is 11.8 Å². The van der Waals surface area contributed by atoms with Crippen LogP contribution in [0.15, 0.2) is 35.2 Å². The predicted molar refractivity (Wildman–Crippen MR) is 115 cm³/mol. The molecule has 1 aromatic heterocycles. The molecule has 28 heavy (non-hydrogen) atoms. The summed E-state index contributed by atoms with van der Waals surface area (Å²) in [6, 6.07) is 9.99. The molecule has 3 heterocycles. The number of rotatable bonds is 4. The quantitative estimate of drug-likeness (QED) is 0.739. The highest BCUT2D eigenvalue weighted by Gasteiger charge is 2.24. The first-order chi connectivity index (χ1) is 13.6. The molecule has 0 saturated carbocycles. The van der Waals surface area contributed by atoms with E-state index in [2.05, 4.69) is 25.8 Å². The van der Waals surface area contributed by atoms with Crippen molar-refractivity contribution in [2.24, 2.45) is 0 Å². The van der Waals surface area contributed by atoms with Gasteiger partial charge in [0, 0.05) is 55.8 Å². The van der Waals surface area contributed by atoms with Crippen LogP contribution in [0.5, 0.6) is 0 Å². The van der Waals surface area contributed by atoms with Gasteiger partial charge in [-0.05, 0) is 50.3 Å². The number of carbonyl (C=O) groups is 1. The summed E-state index contributed by atoms with van der Waals surface area (Å²) in [6.45, 7) is 7.13. The predicted octanol–water partition coefficient (Wildman–Crippen LogP) is 3.07. The molecule has 148 valence electrons. The van der Waals surface area contributed by atoms with Crippen LogP contribution in [-0.4, -0.2) is 66.3 Å². The first-order valence-corrected chi connectivity index (χ1v) is 11.2. The van der Waals surface area contributed by atoms with Crippen molar-refractivity contribution in [1.82, 2.24) is 14.9 Å². The summed E-state index contributed by atoms with van der Waals surface area (Å²) in [6.07, 6.45) is 4.51. The Morgan fingerprint density at radius 2 is 1.46 bits per heavy atom. The molecule has 0 spiro atoms. The van der Waals surface area contributed by atoms with Crippen LogP contribution in [0.4, 0.5) is 11.6 Å². The summed E-state index contributed by atoms with van der Waals surface area (Å²) >= 11 is 1.69. The van der Waals surface area contributed by atoms with Crippen molar-refractivity contribution < 1.29 is 4.79 Å². The number of anilines is 2. The van der Waals surface area contributed by atoms with E-state index in [0.717, 1.165) is 49.2 Å². The fraction of sp³-hybridized carbons (Fsp3) is 0.476. The van der Waals surface area contributed by atoms with Gasteiger partial charge < -0.3 is 14.7 Å². The summed E-state index contributed by atoms with van der Waals surface area (Å²) in [5.41, 5.74) is 0.764. The van der Waals surface area contributed by atoms with Crippen LogP contribution in [-0.2, 0) is 0 Å². The number of aromatic nitrogens is 2. The maximum Gasteiger partial charge on any atom is 0.253 e. The van der Waals surface area contributed by atoms with Crippen LogP contribution in [0.1, 0.15) is 29.0 Å². The molecular formula is C21H27N5OS. The topological polar surface area (TPSA) is 52.6 Å². The Balaban J connectivity index is 1.41. The zero-order valence-electron chi connectivity index (χ0n) is 16.6. The molecule has 2 aliphatic rings. The summed E-state index contributed by atoms with van der Waals surface area (Å²) in [4.78, 5) is 29.8. The first kappa shape index (κ1) is 19.1. The monoisotopic (exact) mass is 397 g/mol. The smallest absolute Gasteiger partial charge is 0.253 e. The molecule has 0 radical (unpaired) electrons. The van der Waals surface area contributed by atoms with Crippen molar-refractivity contribution in [2.75, 3.05) is 55.3 Å². The zero-order valence-corrected chi connectivity index (χ0v) is 17.4. The van der Waals surface area contributed by atoms with Crippen molar-refractivity contribution in [1.29, 1.82) is 0 Å². The SMILES string of the molecule is CSc1ccc(C(=O)N2CCN(c3cc(N4CCCC4)nc(C)n3)CC2)cc1. The minimum atomic E-state index is 0.115. The van der Waals surface area contributed by atoms with Gasteiger partial charge in [0.15, 0.2) is 0 Å². The van der Waals surface area contributed by atoms with Gasteiger partial charge >= 0.3 is 0 Å². The highest BCUT2D eigenvalue weighted by molar-refractivity contribution is 7.98. The van der Waals surface area contributed by atoms with E-state index in [1.165, 1.54) is 17.7 Å². The van der Waals surface area contributed by atoms with Crippen molar-refractivity contribution in [3.8, 4) is 0 Å². The largest absolute Gasteiger partial charge is 0.356 e. The molecule has 7 heteroatoms. The molecule has 2 aromatic rings. The summed E-state index contributed by atoms with van der Waals surface area (Å²) in [5, 5.41) is 0. The molecule has 6 nitrogen and oxygen atoms in total. The van der Waals surface area contributed by atoms with Gasteiger partial charge in [0.2, 0.25) is 0 Å². The van der Waals surface area contributed by atoms with Crippen molar-refractivity contribution in [2.45, 2.75) is 24.7 Å².